The lowest BCUT2D eigenvalue weighted by Gasteiger charge is -2.25. The third kappa shape index (κ3) is 2.80. The molecule has 1 saturated heterocycles. The lowest BCUT2D eigenvalue weighted by molar-refractivity contribution is 0.0261. The molecule has 0 unspecified atom stereocenters. The van der Waals surface area contributed by atoms with Gasteiger partial charge in [-0.2, -0.15) is 4.31 Å². The molecule has 2 bridgehead atoms. The van der Waals surface area contributed by atoms with Crippen LogP contribution in [0.25, 0.3) is 0 Å². The van der Waals surface area contributed by atoms with Crippen molar-refractivity contribution in [1.29, 1.82) is 0 Å². The Balaban J connectivity index is 1.72. The number of piperidine rings is 1. The summed E-state index contributed by atoms with van der Waals surface area (Å²) < 4.78 is 34.8. The van der Waals surface area contributed by atoms with Crippen LogP contribution in [0.2, 0.25) is 0 Å². The van der Waals surface area contributed by atoms with Gasteiger partial charge in [-0.05, 0) is 26.9 Å². The van der Waals surface area contributed by atoms with E-state index in [-0.39, 0.29) is 17.2 Å². The van der Waals surface area contributed by atoms with E-state index in [4.69, 9.17) is 4.74 Å². The van der Waals surface area contributed by atoms with Crippen LogP contribution in [-0.2, 0) is 21.8 Å². The van der Waals surface area contributed by atoms with Crippen molar-refractivity contribution in [2.45, 2.75) is 30.0 Å². The summed E-state index contributed by atoms with van der Waals surface area (Å²) in [5.74, 6) is 0.311. The first-order valence-corrected chi connectivity index (χ1v) is 9.10. The third-order valence-corrected chi connectivity index (χ3v) is 6.34. The van der Waals surface area contributed by atoms with Gasteiger partial charge in [0, 0.05) is 32.3 Å². The fraction of sp³-hybridized carbons (Fsp3) is 0.786. The Labute approximate surface area is 131 Å². The van der Waals surface area contributed by atoms with Crippen molar-refractivity contribution in [1.82, 2.24) is 18.8 Å². The van der Waals surface area contributed by atoms with E-state index < -0.39 is 10.0 Å². The van der Waals surface area contributed by atoms with Gasteiger partial charge in [-0.3, -0.25) is 0 Å². The molecule has 3 atom stereocenters. The quantitative estimate of drug-likeness (QED) is 0.744. The summed E-state index contributed by atoms with van der Waals surface area (Å²) in [6.45, 7) is 2.04. The predicted octanol–water partition coefficient (Wildman–Crippen LogP) is 0.150. The minimum absolute atomic E-state index is 0.0263. The average Bonchev–Trinajstić information content (AvgIpc) is 3.13. The minimum atomic E-state index is -3.51. The van der Waals surface area contributed by atoms with Crippen LogP contribution in [0.3, 0.4) is 0 Å². The minimum Gasteiger partial charge on any atom is -0.375 e. The van der Waals surface area contributed by atoms with Crippen LogP contribution in [0.5, 0.6) is 0 Å². The maximum atomic E-state index is 12.8. The number of hydrogen-bond acceptors (Lipinski definition) is 5. The molecule has 0 N–H and O–H groups in total. The van der Waals surface area contributed by atoms with Crippen LogP contribution in [0.4, 0.5) is 0 Å². The summed E-state index contributed by atoms with van der Waals surface area (Å²) in [6.07, 6.45) is 5.03. The molecular weight excluding hydrogens is 304 g/mol. The molecule has 7 nitrogen and oxygen atoms in total. The van der Waals surface area contributed by atoms with E-state index in [2.05, 4.69) is 9.88 Å². The van der Waals surface area contributed by atoms with Gasteiger partial charge in [-0.25, -0.2) is 13.4 Å². The zero-order chi connectivity index (χ0) is 15.9. The third-order valence-electron chi connectivity index (χ3n) is 4.56. The standard InChI is InChI=1S/C14H24N4O3S/c1-16(2)6-7-21-14-11-4-5-12(14)18(8-11)22(19,20)13-9-17(3)10-15-13/h9-12,14H,4-8H2,1-3H3/t11-,12+,14-/m0/s1. The number of aryl methyl sites for hydroxylation is 1. The Morgan fingerprint density at radius 3 is 2.82 bits per heavy atom. The second kappa shape index (κ2) is 5.92. The summed E-state index contributed by atoms with van der Waals surface area (Å²) in [6, 6.07) is -0.0424. The molecule has 1 aromatic heterocycles. The van der Waals surface area contributed by atoms with E-state index in [0.29, 0.717) is 19.1 Å². The highest BCUT2D eigenvalue weighted by Crippen LogP contribution is 2.42. The molecule has 22 heavy (non-hydrogen) atoms. The fourth-order valence-electron chi connectivity index (χ4n) is 3.43. The Kier molecular flexibility index (Phi) is 4.28. The van der Waals surface area contributed by atoms with Gasteiger partial charge in [-0.15, -0.1) is 0 Å². The summed E-state index contributed by atoms with van der Waals surface area (Å²) in [4.78, 5) is 6.08. The fourth-order valence-corrected chi connectivity index (χ4v) is 5.12. The zero-order valence-electron chi connectivity index (χ0n) is 13.3. The Bertz CT molecular complexity index is 628. The van der Waals surface area contributed by atoms with E-state index in [0.717, 1.165) is 19.4 Å². The van der Waals surface area contributed by atoms with Crippen LogP contribution >= 0.6 is 0 Å². The predicted molar refractivity (Wildman–Crippen MR) is 81.9 cm³/mol. The molecule has 0 radical (unpaired) electrons. The second-order valence-corrected chi connectivity index (χ2v) is 8.33. The molecule has 0 aromatic carbocycles. The Morgan fingerprint density at radius 1 is 1.41 bits per heavy atom. The van der Waals surface area contributed by atoms with Crippen molar-refractivity contribution in [3.05, 3.63) is 12.5 Å². The zero-order valence-corrected chi connectivity index (χ0v) is 14.2. The van der Waals surface area contributed by atoms with Gasteiger partial charge in [0.15, 0.2) is 5.03 Å². The van der Waals surface area contributed by atoms with Gasteiger partial charge >= 0.3 is 0 Å². The van der Waals surface area contributed by atoms with Gasteiger partial charge in [-0.1, -0.05) is 0 Å². The SMILES string of the molecule is CN(C)CCO[C@H]1[C@H]2CC[C@H]1N(S(=O)(=O)c1cn(C)cn1)C2. The first kappa shape index (κ1) is 15.9. The Morgan fingerprint density at radius 2 is 2.18 bits per heavy atom. The molecule has 0 spiro atoms. The smallest absolute Gasteiger partial charge is 0.262 e. The first-order chi connectivity index (χ1) is 10.4. The molecular formula is C14H24N4O3S. The molecule has 1 aliphatic heterocycles. The normalized spacial score (nSPS) is 28.8. The molecule has 2 fully saturated rings. The summed E-state index contributed by atoms with van der Waals surface area (Å²) in [5, 5.41) is 0.134. The van der Waals surface area contributed by atoms with Crippen molar-refractivity contribution in [2.24, 2.45) is 13.0 Å². The van der Waals surface area contributed by atoms with Crippen LogP contribution in [-0.4, -0.2) is 73.1 Å². The summed E-state index contributed by atoms with van der Waals surface area (Å²) in [7, 11) is 2.27. The van der Waals surface area contributed by atoms with Crippen molar-refractivity contribution in [3.63, 3.8) is 0 Å². The molecule has 8 heteroatoms. The van der Waals surface area contributed by atoms with Crippen LogP contribution < -0.4 is 0 Å². The molecule has 1 saturated carbocycles. The van der Waals surface area contributed by atoms with Crippen molar-refractivity contribution >= 4 is 10.0 Å². The monoisotopic (exact) mass is 328 g/mol. The number of nitrogens with zero attached hydrogens (tertiary/aromatic N) is 4. The van der Waals surface area contributed by atoms with E-state index in [1.165, 1.54) is 6.33 Å². The number of hydrogen-bond donors (Lipinski definition) is 0. The van der Waals surface area contributed by atoms with E-state index >= 15 is 0 Å². The number of likely N-dealkylation sites (N-methyl/N-ethyl adjacent to an activating group) is 1. The number of fused-ring (bicyclic) bond motifs is 2. The van der Waals surface area contributed by atoms with E-state index in [9.17, 15) is 8.42 Å². The van der Waals surface area contributed by atoms with Crippen molar-refractivity contribution in [3.8, 4) is 0 Å². The Hall–Kier alpha value is -0.960. The van der Waals surface area contributed by atoms with Gasteiger partial charge in [0.2, 0.25) is 0 Å². The lowest BCUT2D eigenvalue weighted by Crippen LogP contribution is -2.40. The molecule has 0 amide bonds. The lowest BCUT2D eigenvalue weighted by atomic mass is 10.1. The van der Waals surface area contributed by atoms with Crippen LogP contribution in [0, 0.1) is 5.92 Å². The molecule has 1 aromatic rings. The number of sulfonamides is 1. The number of ether oxygens (including phenoxy) is 1. The van der Waals surface area contributed by atoms with Crippen LogP contribution in [0.1, 0.15) is 12.8 Å². The van der Waals surface area contributed by atoms with Crippen LogP contribution in [0.15, 0.2) is 17.6 Å². The highest BCUT2D eigenvalue weighted by molar-refractivity contribution is 7.89. The molecule has 3 rings (SSSR count). The summed E-state index contributed by atoms with van der Waals surface area (Å²) in [5.41, 5.74) is 0. The van der Waals surface area contributed by atoms with Crippen molar-refractivity contribution in [2.75, 3.05) is 33.8 Å². The van der Waals surface area contributed by atoms with Gasteiger partial charge < -0.3 is 14.2 Å². The molecule has 2 aliphatic rings. The topological polar surface area (TPSA) is 67.7 Å². The van der Waals surface area contributed by atoms with Gasteiger partial charge in [0.05, 0.1) is 25.1 Å². The molecule has 124 valence electrons. The van der Waals surface area contributed by atoms with E-state index in [1.807, 2.05) is 14.1 Å². The molecule has 1 aliphatic carbocycles. The first-order valence-electron chi connectivity index (χ1n) is 7.65. The maximum absolute atomic E-state index is 12.8. The maximum Gasteiger partial charge on any atom is 0.262 e. The number of rotatable bonds is 6. The second-order valence-electron chi connectivity index (χ2n) is 6.50. The highest BCUT2D eigenvalue weighted by atomic mass is 32.2. The highest BCUT2D eigenvalue weighted by Gasteiger charge is 2.52. The van der Waals surface area contributed by atoms with Gasteiger partial charge in [0.25, 0.3) is 10.0 Å². The number of aromatic nitrogens is 2. The van der Waals surface area contributed by atoms with Crippen molar-refractivity contribution < 1.29 is 13.2 Å². The molecule has 2 heterocycles. The average molecular weight is 328 g/mol. The number of imidazole rings is 1. The largest absolute Gasteiger partial charge is 0.375 e. The van der Waals surface area contributed by atoms with Gasteiger partial charge in [0.1, 0.15) is 0 Å². The van der Waals surface area contributed by atoms with E-state index in [1.54, 1.807) is 22.1 Å². The summed E-state index contributed by atoms with van der Waals surface area (Å²) >= 11 is 0.